The molecule has 1 amide bonds. The van der Waals surface area contributed by atoms with Crippen LogP contribution in [0.4, 0.5) is 11.4 Å². The molecule has 2 N–H and O–H groups in total. The topological polar surface area (TPSA) is 117 Å². The highest BCUT2D eigenvalue weighted by Gasteiger charge is 2.28. The molecule has 10 heteroatoms. The minimum Gasteiger partial charge on any atom is -0.378 e. The molecule has 0 fully saturated rings. The van der Waals surface area contributed by atoms with Crippen molar-refractivity contribution >= 4 is 29.4 Å². The monoisotopic (exact) mass is 552 g/mol. The van der Waals surface area contributed by atoms with Gasteiger partial charge in [-0.25, -0.2) is 9.78 Å². The van der Waals surface area contributed by atoms with Crippen LogP contribution in [0.25, 0.3) is 17.8 Å². The van der Waals surface area contributed by atoms with E-state index in [-0.39, 0.29) is 35.7 Å². The van der Waals surface area contributed by atoms with Crippen LogP contribution in [0.5, 0.6) is 0 Å². The molecule has 1 aliphatic rings. The zero-order chi connectivity index (χ0) is 28.9. The molecule has 0 unspecified atom stereocenters. The number of carbonyl (C=O) groups is 1. The second-order valence-electron chi connectivity index (χ2n) is 9.59. The number of amides is 1. The zero-order valence-corrected chi connectivity index (χ0v) is 22.5. The Morgan fingerprint density at radius 1 is 0.829 bits per heavy atom. The molecule has 1 aromatic heterocycles. The number of carbonyl (C=O) groups excluding carboxylic acids is 1. The van der Waals surface area contributed by atoms with Crippen molar-refractivity contribution in [1.29, 1.82) is 0 Å². The van der Waals surface area contributed by atoms with E-state index in [9.17, 15) is 9.59 Å². The number of fused-ring (bicyclic) bond motifs is 1. The molecular formula is C31H28N4O6. The molecule has 1 aliphatic heterocycles. The fourth-order valence-electron chi connectivity index (χ4n) is 4.44. The van der Waals surface area contributed by atoms with Gasteiger partial charge in [0.2, 0.25) is 0 Å². The van der Waals surface area contributed by atoms with Gasteiger partial charge in [-0.2, -0.15) is 5.01 Å². The van der Waals surface area contributed by atoms with Gasteiger partial charge in [0, 0.05) is 25.0 Å². The number of benzene rings is 3. The van der Waals surface area contributed by atoms with E-state index < -0.39 is 0 Å². The first-order valence-electron chi connectivity index (χ1n) is 12.8. The molecule has 0 atom stereocenters. The lowest BCUT2D eigenvalue weighted by Crippen LogP contribution is -2.43. The normalized spacial score (nSPS) is 13.1. The first kappa shape index (κ1) is 27.7. The largest absolute Gasteiger partial charge is 0.378 e. The first-order chi connectivity index (χ1) is 19.9. The van der Waals surface area contributed by atoms with Crippen LogP contribution in [0.1, 0.15) is 27.0 Å². The van der Waals surface area contributed by atoms with E-state index in [2.05, 4.69) is 14.9 Å². The molecule has 0 spiro atoms. The van der Waals surface area contributed by atoms with E-state index in [4.69, 9.17) is 10.5 Å². The van der Waals surface area contributed by atoms with Crippen molar-refractivity contribution in [2.75, 3.05) is 24.0 Å². The van der Waals surface area contributed by atoms with Crippen LogP contribution in [-0.4, -0.2) is 35.1 Å². The summed E-state index contributed by atoms with van der Waals surface area (Å²) in [5.74, 6) is -0.386. The van der Waals surface area contributed by atoms with Crippen LogP contribution in [0.15, 0.2) is 94.8 Å². The van der Waals surface area contributed by atoms with Gasteiger partial charge in [-0.15, -0.1) is 5.10 Å². The van der Waals surface area contributed by atoms with Gasteiger partial charge >= 0.3 is 0 Å². The molecule has 10 nitrogen and oxygen atoms in total. The van der Waals surface area contributed by atoms with E-state index in [1.807, 2.05) is 49.3 Å². The lowest BCUT2D eigenvalue weighted by molar-refractivity contribution is -0.253. The number of hydrogen-bond donors (Lipinski definition) is 2. The van der Waals surface area contributed by atoms with Gasteiger partial charge < -0.3 is 4.90 Å². The summed E-state index contributed by atoms with van der Waals surface area (Å²) >= 11 is 0. The van der Waals surface area contributed by atoms with Crippen molar-refractivity contribution in [2.45, 2.75) is 13.2 Å². The predicted molar refractivity (Wildman–Crippen MR) is 155 cm³/mol. The SMILES string of the molecule is CN(C)c1ccc(/C=C/C=c2\cc3c(n(-c4ccc(COO)cc4)c2=O)=NN(c2ccc(COO)cc2)C3=O)cc1. The molecular weight excluding hydrogens is 524 g/mol. The minimum absolute atomic E-state index is 0.00459. The van der Waals surface area contributed by atoms with Gasteiger partial charge in [0.05, 0.1) is 16.9 Å². The van der Waals surface area contributed by atoms with Crippen molar-refractivity contribution in [1.82, 2.24) is 4.57 Å². The lowest BCUT2D eigenvalue weighted by Gasteiger charge is -2.12. The molecule has 2 heterocycles. The number of hydrogen-bond acceptors (Lipinski definition) is 8. The fourth-order valence-corrected chi connectivity index (χ4v) is 4.44. The third kappa shape index (κ3) is 5.86. The molecule has 208 valence electrons. The zero-order valence-electron chi connectivity index (χ0n) is 22.5. The Bertz CT molecular complexity index is 1760. The maximum absolute atomic E-state index is 13.8. The second-order valence-corrected chi connectivity index (χ2v) is 9.59. The third-order valence-electron chi connectivity index (χ3n) is 6.63. The number of allylic oxidation sites excluding steroid dienone is 1. The Hall–Kier alpha value is -4.87. The average molecular weight is 553 g/mol. The van der Waals surface area contributed by atoms with Crippen LogP contribution in [-0.2, 0) is 23.0 Å². The van der Waals surface area contributed by atoms with Crippen molar-refractivity contribution < 1.29 is 25.1 Å². The smallest absolute Gasteiger partial charge is 0.282 e. The molecule has 0 saturated carbocycles. The van der Waals surface area contributed by atoms with E-state index in [1.165, 1.54) is 9.58 Å². The number of rotatable bonds is 9. The Balaban J connectivity index is 1.60. The van der Waals surface area contributed by atoms with Gasteiger partial charge in [0.15, 0.2) is 5.49 Å². The molecule has 0 aliphatic carbocycles. The highest BCUT2D eigenvalue weighted by Crippen LogP contribution is 2.21. The highest BCUT2D eigenvalue weighted by molar-refractivity contribution is 6.07. The summed E-state index contributed by atoms with van der Waals surface area (Å²) in [7, 11) is 3.95. The van der Waals surface area contributed by atoms with Crippen LogP contribution >= 0.6 is 0 Å². The predicted octanol–water partition coefficient (Wildman–Crippen LogP) is 3.57. The van der Waals surface area contributed by atoms with Gasteiger partial charge in [-0.1, -0.05) is 48.6 Å². The van der Waals surface area contributed by atoms with Crippen molar-refractivity contribution in [2.24, 2.45) is 5.10 Å². The Morgan fingerprint density at radius 2 is 1.41 bits per heavy atom. The van der Waals surface area contributed by atoms with E-state index in [1.54, 1.807) is 66.7 Å². The van der Waals surface area contributed by atoms with Gasteiger partial charge in [-0.3, -0.25) is 24.7 Å². The third-order valence-corrected chi connectivity index (χ3v) is 6.63. The molecule has 41 heavy (non-hydrogen) atoms. The Morgan fingerprint density at radius 3 is 1.98 bits per heavy atom. The Labute approximate surface area is 235 Å². The fraction of sp³-hybridized carbons (Fsp3) is 0.129. The van der Waals surface area contributed by atoms with E-state index >= 15 is 0 Å². The quantitative estimate of drug-likeness (QED) is 0.241. The van der Waals surface area contributed by atoms with Crippen LogP contribution in [0.3, 0.4) is 0 Å². The first-order valence-corrected chi connectivity index (χ1v) is 12.8. The summed E-state index contributed by atoms with van der Waals surface area (Å²) < 4.78 is 1.40. The number of nitrogens with zero attached hydrogens (tertiary/aromatic N) is 4. The number of anilines is 2. The number of aromatic nitrogens is 1. The summed E-state index contributed by atoms with van der Waals surface area (Å²) in [5.41, 5.74) is 4.57. The van der Waals surface area contributed by atoms with Crippen LogP contribution in [0, 0.1) is 0 Å². The maximum Gasteiger partial charge on any atom is 0.282 e. The second kappa shape index (κ2) is 12.1. The minimum atomic E-state index is -0.386. The number of pyridine rings is 1. The van der Waals surface area contributed by atoms with Gasteiger partial charge in [-0.05, 0) is 65.2 Å². The summed E-state index contributed by atoms with van der Waals surface area (Å²) in [6.45, 7) is 0.00430. The van der Waals surface area contributed by atoms with Crippen molar-refractivity contribution in [3.63, 3.8) is 0 Å². The summed E-state index contributed by atoms with van der Waals surface area (Å²) in [6, 6.07) is 23.2. The molecule has 0 radical (unpaired) electrons. The van der Waals surface area contributed by atoms with Gasteiger partial charge in [0.1, 0.15) is 13.2 Å². The summed E-state index contributed by atoms with van der Waals surface area (Å²) in [5, 5.41) is 23.6. The summed E-state index contributed by atoms with van der Waals surface area (Å²) in [6.07, 6.45) is 5.33. The van der Waals surface area contributed by atoms with E-state index in [0.29, 0.717) is 27.7 Å². The van der Waals surface area contributed by atoms with Crippen molar-refractivity contribution in [3.05, 3.63) is 128 Å². The maximum atomic E-state index is 13.8. The van der Waals surface area contributed by atoms with Crippen molar-refractivity contribution in [3.8, 4) is 5.69 Å². The lowest BCUT2D eigenvalue weighted by atomic mass is 10.1. The highest BCUT2D eigenvalue weighted by atomic mass is 17.1. The molecule has 0 bridgehead atoms. The van der Waals surface area contributed by atoms with E-state index in [0.717, 1.165) is 11.3 Å². The van der Waals surface area contributed by atoms with Crippen LogP contribution < -0.4 is 26.2 Å². The summed E-state index contributed by atoms with van der Waals surface area (Å²) in [4.78, 5) is 37.7. The molecule has 4 aromatic rings. The molecule has 3 aromatic carbocycles. The average Bonchev–Trinajstić information content (AvgIpc) is 3.30. The molecule has 5 rings (SSSR count). The van der Waals surface area contributed by atoms with Crippen LogP contribution in [0.2, 0.25) is 0 Å². The molecule has 0 saturated heterocycles. The van der Waals surface area contributed by atoms with Gasteiger partial charge in [0.25, 0.3) is 11.5 Å². The standard InChI is InChI=1S/C31H28N4O6/c1-33(2)25-12-6-21(7-13-25)4-3-5-24-18-28-29(34(30(24)36)26-14-8-22(9-15-26)19-40-38)32-35(31(28)37)27-16-10-23(11-17-27)20-41-39/h3-18,38-39H,19-20H2,1-2H3/b4-3+,24-5+. The Kier molecular flexibility index (Phi) is 8.18.